The number of hydrogen-bond acceptors (Lipinski definition) is 3. The van der Waals surface area contributed by atoms with Crippen LogP contribution in [0.25, 0.3) is 11.3 Å². The Bertz CT molecular complexity index is 837. The lowest BCUT2D eigenvalue weighted by molar-refractivity contribution is 0.0385. The number of fused-ring (bicyclic) bond motifs is 1. The van der Waals surface area contributed by atoms with Crippen molar-refractivity contribution in [3.63, 3.8) is 0 Å². The van der Waals surface area contributed by atoms with Crippen LogP contribution in [0.1, 0.15) is 49.0 Å². The van der Waals surface area contributed by atoms with E-state index in [9.17, 15) is 9.18 Å². The highest BCUT2D eigenvalue weighted by Gasteiger charge is 2.36. The van der Waals surface area contributed by atoms with Crippen molar-refractivity contribution < 1.29 is 13.9 Å². The number of aromatic nitrogens is 1. The molecule has 0 N–H and O–H groups in total. The molecule has 2 aliphatic rings. The summed E-state index contributed by atoms with van der Waals surface area (Å²) in [5.74, 6) is 0.587. The van der Waals surface area contributed by atoms with Crippen LogP contribution >= 0.6 is 0 Å². The zero-order chi connectivity index (χ0) is 18.8. The zero-order valence-electron chi connectivity index (χ0n) is 15.7. The van der Waals surface area contributed by atoms with E-state index in [1.165, 1.54) is 38.9 Å². The summed E-state index contributed by atoms with van der Waals surface area (Å²) in [5.41, 5.74) is 1.10. The van der Waals surface area contributed by atoms with Crippen molar-refractivity contribution >= 4 is 5.91 Å². The van der Waals surface area contributed by atoms with Crippen molar-refractivity contribution in [2.24, 2.45) is 5.92 Å². The Kier molecular flexibility index (Phi) is 5.10. The van der Waals surface area contributed by atoms with E-state index in [0.29, 0.717) is 34.7 Å². The molecule has 0 spiro atoms. The zero-order valence-corrected chi connectivity index (χ0v) is 15.7. The van der Waals surface area contributed by atoms with Crippen molar-refractivity contribution in [1.82, 2.24) is 9.88 Å². The molecule has 2 unspecified atom stereocenters. The molecule has 142 valence electrons. The van der Waals surface area contributed by atoms with Gasteiger partial charge in [-0.3, -0.25) is 4.79 Å². The van der Waals surface area contributed by atoms with Crippen LogP contribution in [0, 0.1) is 11.7 Å². The number of likely N-dealkylation sites (tertiary alicyclic amines) is 1. The van der Waals surface area contributed by atoms with Crippen LogP contribution in [0.15, 0.2) is 36.4 Å². The fourth-order valence-electron chi connectivity index (χ4n) is 4.64. The maximum Gasteiger partial charge on any atom is 0.272 e. The lowest BCUT2D eigenvalue weighted by Gasteiger charge is -2.44. The van der Waals surface area contributed by atoms with Crippen molar-refractivity contribution in [2.45, 2.75) is 44.6 Å². The third-order valence-electron chi connectivity index (χ3n) is 5.92. The number of rotatable bonds is 3. The van der Waals surface area contributed by atoms with Crippen LogP contribution in [-0.2, 0) is 0 Å². The van der Waals surface area contributed by atoms with E-state index < -0.39 is 5.82 Å². The number of carbonyl (C=O) groups is 1. The quantitative estimate of drug-likeness (QED) is 0.789. The van der Waals surface area contributed by atoms with E-state index in [0.717, 1.165) is 19.4 Å². The largest absolute Gasteiger partial charge is 0.496 e. The number of benzene rings is 1. The molecule has 1 saturated heterocycles. The first-order valence-corrected chi connectivity index (χ1v) is 9.80. The number of ether oxygens (including phenoxy) is 1. The Morgan fingerprint density at radius 2 is 1.89 bits per heavy atom. The van der Waals surface area contributed by atoms with Crippen LogP contribution in [-0.4, -0.2) is 35.5 Å². The van der Waals surface area contributed by atoms with Crippen LogP contribution in [0.5, 0.6) is 5.75 Å². The van der Waals surface area contributed by atoms with Crippen molar-refractivity contribution in [1.29, 1.82) is 0 Å². The second-order valence-corrected chi connectivity index (χ2v) is 7.48. The van der Waals surface area contributed by atoms with Gasteiger partial charge in [-0.05, 0) is 55.9 Å². The van der Waals surface area contributed by atoms with Gasteiger partial charge in [0.15, 0.2) is 0 Å². The number of carbonyl (C=O) groups excluding carboxylic acids is 1. The number of pyridine rings is 1. The fraction of sp³-hybridized carbons (Fsp3) is 0.455. The smallest absolute Gasteiger partial charge is 0.272 e. The summed E-state index contributed by atoms with van der Waals surface area (Å²) in [6.45, 7) is 0.787. The molecule has 4 rings (SSSR count). The molecule has 1 saturated carbocycles. The molecule has 1 amide bonds. The van der Waals surface area contributed by atoms with Gasteiger partial charge < -0.3 is 9.64 Å². The highest BCUT2D eigenvalue weighted by molar-refractivity contribution is 5.93. The number of piperidine rings is 1. The SMILES string of the molecule is COc1cccc(F)c1-c1cccc(C(=O)N2CCCC3CCCCC32)n1. The minimum atomic E-state index is -0.406. The monoisotopic (exact) mass is 368 g/mol. The first-order chi connectivity index (χ1) is 13.2. The summed E-state index contributed by atoms with van der Waals surface area (Å²) in [5, 5.41) is 0. The molecule has 2 heterocycles. The van der Waals surface area contributed by atoms with Crippen molar-refractivity contribution in [3.05, 3.63) is 47.9 Å². The van der Waals surface area contributed by atoms with Gasteiger partial charge in [0.1, 0.15) is 17.3 Å². The number of methoxy groups -OCH3 is 1. The van der Waals surface area contributed by atoms with Crippen molar-refractivity contribution in [3.8, 4) is 17.0 Å². The Hall–Kier alpha value is -2.43. The second kappa shape index (κ2) is 7.67. The topological polar surface area (TPSA) is 42.4 Å². The molecule has 1 aromatic heterocycles. The lowest BCUT2D eigenvalue weighted by atomic mass is 9.78. The van der Waals surface area contributed by atoms with E-state index in [1.807, 2.05) is 4.90 Å². The predicted octanol–water partition coefficient (Wildman–Crippen LogP) is 4.69. The number of amides is 1. The van der Waals surface area contributed by atoms with E-state index in [4.69, 9.17) is 4.74 Å². The van der Waals surface area contributed by atoms with Crippen LogP contribution in [0.4, 0.5) is 4.39 Å². The van der Waals surface area contributed by atoms with Crippen LogP contribution < -0.4 is 4.74 Å². The van der Waals surface area contributed by atoms with Crippen molar-refractivity contribution in [2.75, 3.05) is 13.7 Å². The molecule has 0 radical (unpaired) electrons. The van der Waals surface area contributed by atoms with E-state index in [-0.39, 0.29) is 5.91 Å². The predicted molar refractivity (Wildman–Crippen MR) is 102 cm³/mol. The first kappa shape index (κ1) is 18.0. The summed E-state index contributed by atoms with van der Waals surface area (Å²) in [4.78, 5) is 19.7. The Labute approximate surface area is 159 Å². The summed E-state index contributed by atoms with van der Waals surface area (Å²) < 4.78 is 19.7. The molecule has 4 nitrogen and oxygen atoms in total. The van der Waals surface area contributed by atoms with Gasteiger partial charge in [-0.2, -0.15) is 0 Å². The van der Waals surface area contributed by atoms with Gasteiger partial charge in [0, 0.05) is 12.6 Å². The third-order valence-corrected chi connectivity index (χ3v) is 5.92. The van der Waals surface area contributed by atoms with Gasteiger partial charge in [-0.15, -0.1) is 0 Å². The molecule has 27 heavy (non-hydrogen) atoms. The van der Waals surface area contributed by atoms with Gasteiger partial charge in [-0.25, -0.2) is 9.37 Å². The number of hydrogen-bond donors (Lipinski definition) is 0. The average molecular weight is 368 g/mol. The van der Waals surface area contributed by atoms with E-state index in [1.54, 1.807) is 30.3 Å². The first-order valence-electron chi connectivity index (χ1n) is 9.80. The Morgan fingerprint density at radius 1 is 1.11 bits per heavy atom. The maximum atomic E-state index is 14.4. The highest BCUT2D eigenvalue weighted by atomic mass is 19.1. The van der Waals surface area contributed by atoms with Gasteiger partial charge in [0.2, 0.25) is 0 Å². The third kappa shape index (κ3) is 3.43. The summed E-state index contributed by atoms with van der Waals surface area (Å²) in [6, 6.07) is 10.2. The molecule has 2 fully saturated rings. The number of halogens is 1. The standard InChI is InChI=1S/C22H25FN2O2/c1-27-20-13-4-9-16(23)21(20)17-10-5-11-18(24-17)22(26)25-14-6-8-15-7-2-3-12-19(15)25/h4-5,9-11,13,15,19H,2-3,6-8,12,14H2,1H3. The minimum Gasteiger partial charge on any atom is -0.496 e. The molecule has 2 atom stereocenters. The number of nitrogens with zero attached hydrogens (tertiary/aromatic N) is 2. The molecule has 1 aliphatic heterocycles. The average Bonchev–Trinajstić information content (AvgIpc) is 2.72. The molecular weight excluding hydrogens is 343 g/mol. The minimum absolute atomic E-state index is 0.0382. The van der Waals surface area contributed by atoms with Crippen LogP contribution in [0.3, 0.4) is 0 Å². The fourth-order valence-corrected chi connectivity index (χ4v) is 4.64. The summed E-state index contributed by atoms with van der Waals surface area (Å²) in [6.07, 6.45) is 7.02. The summed E-state index contributed by atoms with van der Waals surface area (Å²) >= 11 is 0. The van der Waals surface area contributed by atoms with E-state index in [2.05, 4.69) is 4.98 Å². The lowest BCUT2D eigenvalue weighted by Crippen LogP contribution is -2.49. The molecule has 1 aromatic carbocycles. The summed E-state index contributed by atoms with van der Waals surface area (Å²) in [7, 11) is 1.50. The van der Waals surface area contributed by atoms with Gasteiger partial charge in [-0.1, -0.05) is 25.0 Å². The molecule has 2 aromatic rings. The van der Waals surface area contributed by atoms with Gasteiger partial charge in [0.25, 0.3) is 5.91 Å². The van der Waals surface area contributed by atoms with Gasteiger partial charge in [0.05, 0.1) is 18.4 Å². The highest BCUT2D eigenvalue weighted by Crippen LogP contribution is 2.36. The molecule has 5 heteroatoms. The van der Waals surface area contributed by atoms with Gasteiger partial charge >= 0.3 is 0 Å². The molecule has 0 bridgehead atoms. The second-order valence-electron chi connectivity index (χ2n) is 7.48. The van der Waals surface area contributed by atoms with Crippen LogP contribution in [0.2, 0.25) is 0 Å². The molecular formula is C22H25FN2O2. The molecule has 1 aliphatic carbocycles. The Morgan fingerprint density at radius 3 is 2.74 bits per heavy atom. The van der Waals surface area contributed by atoms with E-state index >= 15 is 0 Å². The Balaban J connectivity index is 1.66. The maximum absolute atomic E-state index is 14.4. The normalized spacial score (nSPS) is 22.2.